The minimum Gasteiger partial charge on any atom is -0.487 e. The van der Waals surface area contributed by atoms with Gasteiger partial charge in [-0.15, -0.1) is 0 Å². The average molecular weight is 239 g/mol. The summed E-state index contributed by atoms with van der Waals surface area (Å²) in [5, 5.41) is 8.96. The van der Waals surface area contributed by atoms with Gasteiger partial charge in [0.25, 0.3) is 0 Å². The molecule has 3 aromatic rings. The molecule has 1 aromatic heterocycles. The van der Waals surface area contributed by atoms with Crippen LogP contribution in [0.4, 0.5) is 5.82 Å². The molecule has 0 spiro atoms. The number of anilines is 1. The molecular weight excluding hydrogens is 226 g/mol. The molecule has 90 valence electrons. The molecule has 1 heterocycles. The van der Waals surface area contributed by atoms with Gasteiger partial charge in [0.15, 0.2) is 0 Å². The van der Waals surface area contributed by atoms with Crippen molar-refractivity contribution in [1.82, 2.24) is 10.2 Å². The van der Waals surface area contributed by atoms with E-state index in [1.54, 1.807) is 6.07 Å². The quantitative estimate of drug-likeness (QED) is 0.738. The first-order valence-electron chi connectivity index (χ1n) is 5.73. The topological polar surface area (TPSA) is 63.9 Å². The number of hydrogen-bond donors (Lipinski definition) is 2. The van der Waals surface area contributed by atoms with Gasteiger partial charge in [0.2, 0.25) is 0 Å². The molecule has 4 heteroatoms. The highest BCUT2D eigenvalue weighted by Crippen LogP contribution is 2.25. The van der Waals surface area contributed by atoms with Crippen molar-refractivity contribution in [2.75, 3.05) is 5.73 Å². The van der Waals surface area contributed by atoms with Crippen molar-refractivity contribution >= 4 is 16.6 Å². The molecule has 0 bridgehead atoms. The Balaban J connectivity index is 1.86. The van der Waals surface area contributed by atoms with E-state index in [-0.39, 0.29) is 0 Å². The molecule has 0 saturated heterocycles. The van der Waals surface area contributed by atoms with Crippen LogP contribution in [0.1, 0.15) is 5.69 Å². The molecule has 0 amide bonds. The van der Waals surface area contributed by atoms with Crippen LogP contribution in [0, 0.1) is 0 Å². The Hall–Kier alpha value is -2.49. The smallest absolute Gasteiger partial charge is 0.145 e. The second kappa shape index (κ2) is 4.41. The van der Waals surface area contributed by atoms with Crippen LogP contribution in [0.25, 0.3) is 10.8 Å². The maximum atomic E-state index is 5.79. The molecule has 0 radical (unpaired) electrons. The third kappa shape index (κ3) is 2.00. The number of nitrogens with two attached hydrogens (primary N) is 1. The van der Waals surface area contributed by atoms with E-state index in [0.29, 0.717) is 12.4 Å². The molecule has 0 fully saturated rings. The summed E-state index contributed by atoms with van der Waals surface area (Å²) in [6.07, 6.45) is 0. The van der Waals surface area contributed by atoms with Crippen LogP contribution >= 0.6 is 0 Å². The largest absolute Gasteiger partial charge is 0.487 e. The predicted molar refractivity (Wildman–Crippen MR) is 71.3 cm³/mol. The van der Waals surface area contributed by atoms with Gasteiger partial charge in [-0.1, -0.05) is 36.4 Å². The zero-order chi connectivity index (χ0) is 12.4. The number of fused-ring (bicyclic) bond motifs is 1. The van der Waals surface area contributed by atoms with E-state index in [1.165, 1.54) is 5.39 Å². The van der Waals surface area contributed by atoms with Crippen molar-refractivity contribution in [2.24, 2.45) is 0 Å². The van der Waals surface area contributed by atoms with Gasteiger partial charge < -0.3 is 10.5 Å². The fourth-order valence-corrected chi connectivity index (χ4v) is 1.93. The number of rotatable bonds is 3. The molecule has 4 nitrogen and oxygen atoms in total. The highest BCUT2D eigenvalue weighted by molar-refractivity contribution is 5.88. The lowest BCUT2D eigenvalue weighted by atomic mass is 10.1. The zero-order valence-corrected chi connectivity index (χ0v) is 9.76. The summed E-state index contributed by atoms with van der Waals surface area (Å²) in [6, 6.07) is 15.9. The second-order valence-corrected chi connectivity index (χ2v) is 4.08. The monoisotopic (exact) mass is 239 g/mol. The van der Waals surface area contributed by atoms with Crippen LogP contribution in [0.5, 0.6) is 5.75 Å². The van der Waals surface area contributed by atoms with Crippen LogP contribution in [0.3, 0.4) is 0 Å². The third-order valence-corrected chi connectivity index (χ3v) is 2.78. The molecule has 0 unspecified atom stereocenters. The number of ether oxygens (including phenoxy) is 1. The van der Waals surface area contributed by atoms with Crippen LogP contribution in [-0.4, -0.2) is 10.2 Å². The maximum Gasteiger partial charge on any atom is 0.145 e. The Bertz CT molecular complexity index is 670. The maximum absolute atomic E-state index is 5.79. The Morgan fingerprint density at radius 2 is 1.94 bits per heavy atom. The van der Waals surface area contributed by atoms with Gasteiger partial charge in [-0.05, 0) is 11.5 Å². The summed E-state index contributed by atoms with van der Waals surface area (Å²) >= 11 is 0. The van der Waals surface area contributed by atoms with Gasteiger partial charge in [0.05, 0.1) is 5.69 Å². The van der Waals surface area contributed by atoms with Gasteiger partial charge in [-0.25, -0.2) is 0 Å². The number of H-pyrrole nitrogens is 1. The fraction of sp³-hybridized carbons (Fsp3) is 0.0714. The van der Waals surface area contributed by atoms with Gasteiger partial charge in [-0.3, -0.25) is 5.10 Å². The van der Waals surface area contributed by atoms with E-state index in [4.69, 9.17) is 10.5 Å². The molecule has 3 rings (SSSR count). The average Bonchev–Trinajstić information content (AvgIpc) is 2.82. The third-order valence-electron chi connectivity index (χ3n) is 2.78. The summed E-state index contributed by atoms with van der Waals surface area (Å²) in [5.41, 5.74) is 6.40. The number of nitrogen functional groups attached to an aromatic ring is 1. The van der Waals surface area contributed by atoms with Crippen molar-refractivity contribution < 1.29 is 4.74 Å². The molecule has 0 atom stereocenters. The van der Waals surface area contributed by atoms with Crippen LogP contribution in [0.15, 0.2) is 48.5 Å². The van der Waals surface area contributed by atoms with Crippen LogP contribution in [-0.2, 0) is 6.61 Å². The number of benzene rings is 2. The second-order valence-electron chi connectivity index (χ2n) is 4.08. The fourth-order valence-electron chi connectivity index (χ4n) is 1.93. The molecule has 18 heavy (non-hydrogen) atoms. The summed E-state index contributed by atoms with van der Waals surface area (Å²) in [4.78, 5) is 0. The molecule has 0 aliphatic heterocycles. The Labute approximate surface area is 104 Å². The van der Waals surface area contributed by atoms with Gasteiger partial charge in [0, 0.05) is 11.5 Å². The zero-order valence-electron chi connectivity index (χ0n) is 9.76. The summed E-state index contributed by atoms with van der Waals surface area (Å²) < 4.78 is 5.79. The number of nitrogens with zero attached hydrogens (tertiary/aromatic N) is 1. The number of aromatic nitrogens is 2. The predicted octanol–water partition coefficient (Wildman–Crippen LogP) is 2.72. The SMILES string of the molecule is Nc1cc(COc2cccc3ccccc23)[nH]n1. The van der Waals surface area contributed by atoms with Crippen LogP contribution in [0.2, 0.25) is 0 Å². The standard InChI is InChI=1S/C14H13N3O/c15-14-8-11(16-17-14)9-18-13-7-3-5-10-4-1-2-6-12(10)13/h1-8H,9H2,(H3,15,16,17). The lowest BCUT2D eigenvalue weighted by molar-refractivity contribution is 0.305. The lowest BCUT2D eigenvalue weighted by Gasteiger charge is -2.07. The molecular formula is C14H13N3O. The van der Waals surface area contributed by atoms with Crippen molar-refractivity contribution in [3.63, 3.8) is 0 Å². The first kappa shape index (κ1) is 10.7. The molecule has 0 saturated carbocycles. The first-order chi connectivity index (χ1) is 8.83. The Kier molecular flexibility index (Phi) is 2.61. The van der Waals surface area contributed by atoms with Gasteiger partial charge >= 0.3 is 0 Å². The lowest BCUT2D eigenvalue weighted by Crippen LogP contribution is -1.96. The molecule has 0 aliphatic carbocycles. The molecule has 2 aromatic carbocycles. The Morgan fingerprint density at radius 1 is 1.11 bits per heavy atom. The highest BCUT2D eigenvalue weighted by Gasteiger charge is 2.03. The van der Waals surface area contributed by atoms with E-state index < -0.39 is 0 Å². The molecule has 0 aliphatic rings. The summed E-state index contributed by atoms with van der Waals surface area (Å²) in [7, 11) is 0. The van der Waals surface area contributed by atoms with E-state index >= 15 is 0 Å². The summed E-state index contributed by atoms with van der Waals surface area (Å²) in [5.74, 6) is 1.34. The minimum absolute atomic E-state index is 0.429. The van der Waals surface area contributed by atoms with E-state index in [1.807, 2.05) is 30.3 Å². The number of nitrogens with one attached hydrogen (secondary N) is 1. The number of aromatic amines is 1. The van der Waals surface area contributed by atoms with E-state index in [9.17, 15) is 0 Å². The Morgan fingerprint density at radius 3 is 2.78 bits per heavy atom. The van der Waals surface area contributed by atoms with E-state index in [2.05, 4.69) is 22.3 Å². The minimum atomic E-state index is 0.429. The summed E-state index contributed by atoms with van der Waals surface area (Å²) in [6.45, 7) is 0.429. The van der Waals surface area contributed by atoms with Crippen molar-refractivity contribution in [2.45, 2.75) is 6.61 Å². The van der Waals surface area contributed by atoms with Crippen molar-refractivity contribution in [1.29, 1.82) is 0 Å². The number of hydrogen-bond acceptors (Lipinski definition) is 3. The van der Waals surface area contributed by atoms with E-state index in [0.717, 1.165) is 16.8 Å². The van der Waals surface area contributed by atoms with Crippen LogP contribution < -0.4 is 10.5 Å². The van der Waals surface area contributed by atoms with Gasteiger partial charge in [-0.2, -0.15) is 5.10 Å². The van der Waals surface area contributed by atoms with Crippen molar-refractivity contribution in [3.8, 4) is 5.75 Å². The normalized spacial score (nSPS) is 10.7. The van der Waals surface area contributed by atoms with Crippen molar-refractivity contribution in [3.05, 3.63) is 54.2 Å². The highest BCUT2D eigenvalue weighted by atomic mass is 16.5. The first-order valence-corrected chi connectivity index (χ1v) is 5.73. The van der Waals surface area contributed by atoms with Gasteiger partial charge in [0.1, 0.15) is 18.2 Å². The molecule has 3 N–H and O–H groups in total.